The molecule has 0 saturated carbocycles. The van der Waals surface area contributed by atoms with E-state index in [0.29, 0.717) is 13.0 Å². The number of nitrogens with zero attached hydrogens (tertiary/aromatic N) is 1. The highest BCUT2D eigenvalue weighted by molar-refractivity contribution is 9.10. The van der Waals surface area contributed by atoms with Crippen LogP contribution in [0.25, 0.3) is 0 Å². The van der Waals surface area contributed by atoms with Crippen molar-refractivity contribution < 1.29 is 4.74 Å². The number of benzene rings is 1. The maximum Gasteiger partial charge on any atom is 0.124 e. The van der Waals surface area contributed by atoms with E-state index in [-0.39, 0.29) is 0 Å². The van der Waals surface area contributed by atoms with E-state index in [1.165, 1.54) is 0 Å². The molecule has 0 amide bonds. The average molecular weight is 283 g/mol. The monoisotopic (exact) mass is 282 g/mol. The molecule has 86 valence electrons. The van der Waals surface area contributed by atoms with Crippen molar-refractivity contribution in [2.45, 2.75) is 18.9 Å². The molecule has 1 N–H and O–H groups in total. The number of ether oxygens (including phenoxy) is 1. The summed E-state index contributed by atoms with van der Waals surface area (Å²) in [5, 5.41) is 12.4. The summed E-state index contributed by atoms with van der Waals surface area (Å²) in [6.45, 7) is 2.43. The molecule has 16 heavy (non-hydrogen) atoms. The summed E-state index contributed by atoms with van der Waals surface area (Å²) in [5.41, 5.74) is 0.325. The molecule has 0 aromatic heterocycles. The number of anilines is 1. The highest BCUT2D eigenvalue weighted by Crippen LogP contribution is 2.21. The van der Waals surface area contributed by atoms with Crippen LogP contribution in [0.3, 0.4) is 0 Å². The molecule has 0 spiro atoms. The van der Waals surface area contributed by atoms with E-state index < -0.39 is 5.54 Å². The normalized spacial score (nSPS) is 13.9. The van der Waals surface area contributed by atoms with Crippen LogP contribution in [0.15, 0.2) is 28.7 Å². The van der Waals surface area contributed by atoms with Crippen LogP contribution in [0.5, 0.6) is 0 Å². The van der Waals surface area contributed by atoms with Crippen LogP contribution >= 0.6 is 15.9 Å². The van der Waals surface area contributed by atoms with Crippen LogP contribution in [0.1, 0.15) is 13.3 Å². The lowest BCUT2D eigenvalue weighted by atomic mass is 10.00. The van der Waals surface area contributed by atoms with Crippen LogP contribution in [0.2, 0.25) is 0 Å². The Morgan fingerprint density at radius 2 is 2.31 bits per heavy atom. The minimum absolute atomic E-state index is 0.561. The third-order valence-electron chi connectivity index (χ3n) is 2.30. The van der Waals surface area contributed by atoms with E-state index in [1.54, 1.807) is 7.11 Å². The first-order valence-corrected chi connectivity index (χ1v) is 5.83. The van der Waals surface area contributed by atoms with Gasteiger partial charge in [0.2, 0.25) is 0 Å². The van der Waals surface area contributed by atoms with Crippen molar-refractivity contribution in [2.24, 2.45) is 0 Å². The molecule has 1 aromatic carbocycles. The molecule has 1 atom stereocenters. The number of halogens is 1. The van der Waals surface area contributed by atoms with Gasteiger partial charge in [0.15, 0.2) is 0 Å². The summed E-state index contributed by atoms with van der Waals surface area (Å²) >= 11 is 3.40. The third kappa shape index (κ3) is 3.84. The highest BCUT2D eigenvalue weighted by Gasteiger charge is 2.22. The van der Waals surface area contributed by atoms with Gasteiger partial charge in [0.25, 0.3) is 0 Å². The summed E-state index contributed by atoms with van der Waals surface area (Å²) in [7, 11) is 1.64. The topological polar surface area (TPSA) is 45.0 Å². The third-order valence-corrected chi connectivity index (χ3v) is 2.79. The number of hydrogen-bond acceptors (Lipinski definition) is 3. The van der Waals surface area contributed by atoms with Gasteiger partial charge < -0.3 is 10.1 Å². The largest absolute Gasteiger partial charge is 0.385 e. The van der Waals surface area contributed by atoms with Crippen molar-refractivity contribution >= 4 is 21.6 Å². The zero-order valence-corrected chi connectivity index (χ0v) is 11.0. The van der Waals surface area contributed by atoms with Crippen LogP contribution in [0.4, 0.5) is 5.69 Å². The van der Waals surface area contributed by atoms with E-state index >= 15 is 0 Å². The Morgan fingerprint density at radius 1 is 1.56 bits per heavy atom. The first kappa shape index (κ1) is 13.0. The molecule has 0 aliphatic heterocycles. The smallest absolute Gasteiger partial charge is 0.124 e. The minimum Gasteiger partial charge on any atom is -0.385 e. The standard InChI is InChI=1S/C12H15BrN2O/c1-12(9-14,6-7-16-2)15-11-5-3-4-10(13)8-11/h3-5,8,15H,6-7H2,1-2H3. The van der Waals surface area contributed by atoms with Gasteiger partial charge in [0, 0.05) is 30.3 Å². The van der Waals surface area contributed by atoms with Crippen LogP contribution in [-0.2, 0) is 4.74 Å². The van der Waals surface area contributed by atoms with Gasteiger partial charge in [-0.05, 0) is 25.1 Å². The molecular formula is C12H15BrN2O. The van der Waals surface area contributed by atoms with Crippen molar-refractivity contribution in [1.29, 1.82) is 5.26 Å². The molecule has 1 rings (SSSR count). The van der Waals surface area contributed by atoms with E-state index in [1.807, 2.05) is 31.2 Å². The number of nitrogens with one attached hydrogen (secondary N) is 1. The fourth-order valence-electron chi connectivity index (χ4n) is 1.34. The van der Waals surface area contributed by atoms with Crippen molar-refractivity contribution in [3.8, 4) is 6.07 Å². The predicted octanol–water partition coefficient (Wildman–Crippen LogP) is 3.18. The van der Waals surface area contributed by atoms with E-state index in [9.17, 15) is 0 Å². The van der Waals surface area contributed by atoms with Gasteiger partial charge in [-0.15, -0.1) is 0 Å². The van der Waals surface area contributed by atoms with Gasteiger partial charge in [-0.1, -0.05) is 22.0 Å². The Hall–Kier alpha value is -1.05. The fraction of sp³-hybridized carbons (Fsp3) is 0.417. The summed E-state index contributed by atoms with van der Waals surface area (Å²) < 4.78 is 5.99. The second-order valence-corrected chi connectivity index (χ2v) is 4.74. The van der Waals surface area contributed by atoms with Crippen molar-refractivity contribution in [3.63, 3.8) is 0 Å². The van der Waals surface area contributed by atoms with Gasteiger partial charge in [-0.25, -0.2) is 0 Å². The lowest BCUT2D eigenvalue weighted by Crippen LogP contribution is -2.34. The second kappa shape index (κ2) is 5.88. The van der Waals surface area contributed by atoms with Gasteiger partial charge in [-0.2, -0.15) is 5.26 Å². The molecule has 0 heterocycles. The highest BCUT2D eigenvalue weighted by atomic mass is 79.9. The molecule has 3 nitrogen and oxygen atoms in total. The molecular weight excluding hydrogens is 268 g/mol. The van der Waals surface area contributed by atoms with E-state index in [4.69, 9.17) is 10.00 Å². The number of hydrogen-bond donors (Lipinski definition) is 1. The molecule has 0 aliphatic rings. The predicted molar refractivity (Wildman–Crippen MR) is 68.3 cm³/mol. The maximum atomic E-state index is 9.16. The summed E-state index contributed by atoms with van der Waals surface area (Å²) in [6.07, 6.45) is 0.645. The number of nitriles is 1. The van der Waals surface area contributed by atoms with Crippen molar-refractivity contribution in [1.82, 2.24) is 0 Å². The molecule has 0 bridgehead atoms. The zero-order chi connectivity index (χ0) is 12.0. The Kier molecular flexibility index (Phi) is 4.78. The maximum absolute atomic E-state index is 9.16. The van der Waals surface area contributed by atoms with E-state index in [0.717, 1.165) is 10.2 Å². The summed E-state index contributed by atoms with van der Waals surface area (Å²) in [6, 6.07) is 10.0. The fourth-order valence-corrected chi connectivity index (χ4v) is 1.74. The van der Waals surface area contributed by atoms with Gasteiger partial charge in [0.1, 0.15) is 5.54 Å². The summed E-state index contributed by atoms with van der Waals surface area (Å²) in [4.78, 5) is 0. The van der Waals surface area contributed by atoms with Crippen LogP contribution in [0, 0.1) is 11.3 Å². The Balaban J connectivity index is 2.73. The lowest BCUT2D eigenvalue weighted by molar-refractivity contribution is 0.184. The molecule has 1 unspecified atom stereocenters. The van der Waals surface area contributed by atoms with Crippen molar-refractivity contribution in [3.05, 3.63) is 28.7 Å². The Labute approximate surface area is 105 Å². The van der Waals surface area contributed by atoms with Gasteiger partial charge >= 0.3 is 0 Å². The van der Waals surface area contributed by atoms with Gasteiger partial charge in [-0.3, -0.25) is 0 Å². The molecule has 0 radical (unpaired) electrons. The zero-order valence-electron chi connectivity index (χ0n) is 9.46. The second-order valence-electron chi connectivity index (χ2n) is 3.82. The minimum atomic E-state index is -0.600. The van der Waals surface area contributed by atoms with Crippen LogP contribution in [-0.4, -0.2) is 19.3 Å². The lowest BCUT2D eigenvalue weighted by Gasteiger charge is -2.24. The molecule has 0 aliphatic carbocycles. The first-order valence-electron chi connectivity index (χ1n) is 5.03. The van der Waals surface area contributed by atoms with E-state index in [2.05, 4.69) is 27.3 Å². The van der Waals surface area contributed by atoms with Crippen molar-refractivity contribution in [2.75, 3.05) is 19.0 Å². The van der Waals surface area contributed by atoms with Gasteiger partial charge in [0.05, 0.1) is 6.07 Å². The summed E-state index contributed by atoms with van der Waals surface area (Å²) in [5.74, 6) is 0. The molecule has 1 aromatic rings. The molecule has 4 heteroatoms. The average Bonchev–Trinajstić information content (AvgIpc) is 2.26. The Morgan fingerprint density at radius 3 is 2.88 bits per heavy atom. The number of rotatable bonds is 5. The Bertz CT molecular complexity index is 389. The van der Waals surface area contributed by atoms with Crippen LogP contribution < -0.4 is 5.32 Å². The quantitative estimate of drug-likeness (QED) is 0.902. The molecule has 0 fully saturated rings. The number of methoxy groups -OCH3 is 1. The molecule has 0 saturated heterocycles. The first-order chi connectivity index (χ1) is 7.59. The SMILES string of the molecule is COCCC(C)(C#N)Nc1cccc(Br)c1.